The molecule has 2 aliphatic carbocycles. The van der Waals surface area contributed by atoms with Crippen LogP contribution in [0, 0.1) is 5.92 Å². The second-order valence-corrected chi connectivity index (χ2v) is 12.2. The molecule has 0 aliphatic heterocycles. The van der Waals surface area contributed by atoms with Crippen molar-refractivity contribution in [2.45, 2.75) is 66.4 Å². The molecule has 0 heterocycles. The van der Waals surface area contributed by atoms with Crippen LogP contribution in [0.4, 0.5) is 0 Å². The lowest BCUT2D eigenvalue weighted by molar-refractivity contribution is -0.150. The number of ether oxygens (including phenoxy) is 1. The molecule has 0 aromatic heterocycles. The quantitative estimate of drug-likeness (QED) is 0.142. The Morgan fingerprint density at radius 3 is 1.78 bits per heavy atom. The molecule has 0 radical (unpaired) electrons. The van der Waals surface area contributed by atoms with Gasteiger partial charge in [-0.15, -0.1) is 0 Å². The van der Waals surface area contributed by atoms with Gasteiger partial charge in [0.15, 0.2) is 23.1 Å². The predicted octanol–water partition coefficient (Wildman–Crippen LogP) is 6.18. The summed E-state index contributed by atoms with van der Waals surface area (Å²) in [5.74, 6) is -7.91. The van der Waals surface area contributed by atoms with Gasteiger partial charge in [0, 0.05) is 29.0 Å². The first-order chi connectivity index (χ1) is 21.5. The van der Waals surface area contributed by atoms with E-state index >= 15 is 0 Å². The molecule has 0 saturated heterocycles. The summed E-state index contributed by atoms with van der Waals surface area (Å²) in [6, 6.07) is 3.23. The van der Waals surface area contributed by atoms with Crippen LogP contribution in [0.5, 0.6) is 23.0 Å². The van der Waals surface area contributed by atoms with Crippen molar-refractivity contribution < 1.29 is 49.1 Å². The molecule has 46 heavy (non-hydrogen) atoms. The number of ketones is 4. The molecule has 4 rings (SSSR count). The fourth-order valence-corrected chi connectivity index (χ4v) is 5.45. The SMILES string of the molecule is CC(C)=CC[C@H](C1=CC(=O)c2c(O)ccc(O)c2C1=O)c1cc(O)c2c(c1O)C(=O)C([C@@H](CC=C(C)C)OC(=O)C(C)C)=CC2=O. The number of aromatic hydroxyl groups is 4. The Kier molecular flexibility index (Phi) is 9.51. The number of fused-ring (bicyclic) bond motifs is 2. The molecule has 10 heteroatoms. The third-order valence-electron chi connectivity index (χ3n) is 7.84. The number of esters is 1. The third-order valence-corrected chi connectivity index (χ3v) is 7.84. The molecule has 2 atom stereocenters. The first-order valence-electron chi connectivity index (χ1n) is 14.8. The molecule has 2 aromatic rings. The molecule has 10 nitrogen and oxygen atoms in total. The van der Waals surface area contributed by atoms with E-state index in [1.54, 1.807) is 39.8 Å². The van der Waals surface area contributed by atoms with Crippen LogP contribution in [-0.4, -0.2) is 55.6 Å². The van der Waals surface area contributed by atoms with Crippen LogP contribution in [-0.2, 0) is 9.53 Å². The number of phenols is 4. The van der Waals surface area contributed by atoms with Gasteiger partial charge in [0.2, 0.25) is 0 Å². The van der Waals surface area contributed by atoms with E-state index in [0.29, 0.717) is 0 Å². The minimum atomic E-state index is -1.17. The summed E-state index contributed by atoms with van der Waals surface area (Å²) >= 11 is 0. The van der Waals surface area contributed by atoms with Crippen molar-refractivity contribution in [3.63, 3.8) is 0 Å². The fraction of sp³-hybridized carbons (Fsp3) is 0.306. The highest BCUT2D eigenvalue weighted by Crippen LogP contribution is 2.47. The first-order valence-corrected chi connectivity index (χ1v) is 14.8. The van der Waals surface area contributed by atoms with E-state index in [9.17, 15) is 44.4 Å². The standard InChI is InChI=1S/C36H36O10/c1-16(2)7-9-19(20-13-25(39)29-23(37)10-11-24(38)31(29)33(20)42)21-14-26(40)30-27(41)15-22(35(44)32(30)34(21)43)28(12-8-17(3)4)46-36(45)18(5)6/h7-8,10-11,13-15,18-19,28,37-38,40,43H,9,12H2,1-6H3/t19-,28-/m1/s1. The number of phenolic OH excluding ortho intramolecular Hbond substituents is 4. The fourth-order valence-electron chi connectivity index (χ4n) is 5.45. The molecule has 0 fully saturated rings. The molecule has 0 saturated carbocycles. The lowest BCUT2D eigenvalue weighted by atomic mass is 9.76. The molecule has 0 unspecified atom stereocenters. The Labute approximate surface area is 266 Å². The number of rotatable bonds is 9. The van der Waals surface area contributed by atoms with Crippen LogP contribution in [0.15, 0.2) is 64.8 Å². The van der Waals surface area contributed by atoms with Crippen LogP contribution in [0.2, 0.25) is 0 Å². The monoisotopic (exact) mass is 628 g/mol. The van der Waals surface area contributed by atoms with E-state index < -0.39 is 86.7 Å². The molecule has 240 valence electrons. The smallest absolute Gasteiger partial charge is 0.308 e. The van der Waals surface area contributed by atoms with Crippen molar-refractivity contribution in [2.75, 3.05) is 0 Å². The number of Topliss-reactive ketones (excluding diaryl/α,β-unsaturated/α-hetero) is 2. The van der Waals surface area contributed by atoms with Gasteiger partial charge < -0.3 is 25.2 Å². The van der Waals surface area contributed by atoms with E-state index in [1.807, 2.05) is 13.8 Å². The Morgan fingerprint density at radius 1 is 0.717 bits per heavy atom. The zero-order chi connectivity index (χ0) is 34.2. The molecular formula is C36H36O10. The van der Waals surface area contributed by atoms with Gasteiger partial charge >= 0.3 is 5.97 Å². The zero-order valence-electron chi connectivity index (χ0n) is 26.4. The van der Waals surface area contributed by atoms with Crippen LogP contribution < -0.4 is 0 Å². The van der Waals surface area contributed by atoms with Crippen molar-refractivity contribution in [3.8, 4) is 23.0 Å². The predicted molar refractivity (Wildman–Crippen MR) is 169 cm³/mol. The van der Waals surface area contributed by atoms with E-state index in [2.05, 4.69) is 0 Å². The number of hydrogen-bond donors (Lipinski definition) is 4. The Hall–Kier alpha value is -5.25. The minimum Gasteiger partial charge on any atom is -0.507 e. The molecule has 2 aromatic carbocycles. The third kappa shape index (κ3) is 6.28. The van der Waals surface area contributed by atoms with Crippen LogP contribution in [0.25, 0.3) is 0 Å². The summed E-state index contributed by atoms with van der Waals surface area (Å²) < 4.78 is 5.61. The van der Waals surface area contributed by atoms with Crippen LogP contribution >= 0.6 is 0 Å². The number of hydrogen-bond acceptors (Lipinski definition) is 10. The second kappa shape index (κ2) is 13.0. The topological polar surface area (TPSA) is 175 Å². The first kappa shape index (κ1) is 33.6. The molecule has 4 N–H and O–H groups in total. The van der Waals surface area contributed by atoms with E-state index in [4.69, 9.17) is 4.74 Å². The van der Waals surface area contributed by atoms with Gasteiger partial charge in [0.25, 0.3) is 0 Å². The van der Waals surface area contributed by atoms with Gasteiger partial charge in [-0.1, -0.05) is 37.1 Å². The highest BCUT2D eigenvalue weighted by Gasteiger charge is 2.40. The van der Waals surface area contributed by atoms with E-state index in [0.717, 1.165) is 41.5 Å². The van der Waals surface area contributed by atoms with Crippen molar-refractivity contribution in [1.29, 1.82) is 0 Å². The lowest BCUT2D eigenvalue weighted by Crippen LogP contribution is -2.30. The number of carbonyl (C=O) groups excluding carboxylic acids is 5. The maximum atomic E-state index is 14.0. The summed E-state index contributed by atoms with van der Waals surface area (Å²) in [6.07, 6.45) is 4.33. The lowest BCUT2D eigenvalue weighted by Gasteiger charge is -2.28. The molecule has 0 spiro atoms. The highest BCUT2D eigenvalue weighted by atomic mass is 16.5. The van der Waals surface area contributed by atoms with Crippen LogP contribution in [0.1, 0.15) is 107 Å². The largest absolute Gasteiger partial charge is 0.507 e. The summed E-state index contributed by atoms with van der Waals surface area (Å²) in [4.78, 5) is 66.9. The average molecular weight is 629 g/mol. The molecule has 2 aliphatic rings. The van der Waals surface area contributed by atoms with Gasteiger partial charge in [-0.25, -0.2) is 0 Å². The van der Waals surface area contributed by atoms with Crippen molar-refractivity contribution in [2.24, 2.45) is 5.92 Å². The molecule has 0 amide bonds. The maximum Gasteiger partial charge on any atom is 0.308 e. The summed E-state index contributed by atoms with van der Waals surface area (Å²) in [5, 5.41) is 43.5. The minimum absolute atomic E-state index is 0.00785. The average Bonchev–Trinajstić information content (AvgIpc) is 2.97. The molecule has 0 bridgehead atoms. The van der Waals surface area contributed by atoms with Crippen molar-refractivity contribution in [3.05, 3.63) is 92.6 Å². The van der Waals surface area contributed by atoms with Gasteiger partial charge in [-0.05, 0) is 64.5 Å². The van der Waals surface area contributed by atoms with Crippen molar-refractivity contribution >= 4 is 29.1 Å². The Bertz CT molecular complexity index is 1810. The van der Waals surface area contributed by atoms with Gasteiger partial charge in [-0.3, -0.25) is 24.0 Å². The summed E-state index contributed by atoms with van der Waals surface area (Å²) in [5.41, 5.74) is -0.610. The van der Waals surface area contributed by atoms with E-state index in [-0.39, 0.29) is 35.1 Å². The number of benzene rings is 2. The second-order valence-electron chi connectivity index (χ2n) is 12.2. The highest BCUT2D eigenvalue weighted by molar-refractivity contribution is 6.28. The number of carbonyl (C=O) groups is 5. The van der Waals surface area contributed by atoms with Crippen molar-refractivity contribution in [1.82, 2.24) is 0 Å². The zero-order valence-corrected chi connectivity index (χ0v) is 26.4. The van der Waals surface area contributed by atoms with Gasteiger partial charge in [-0.2, -0.15) is 0 Å². The Morgan fingerprint density at radius 2 is 1.22 bits per heavy atom. The van der Waals surface area contributed by atoms with Gasteiger partial charge in [0.1, 0.15) is 29.1 Å². The molecular weight excluding hydrogens is 592 g/mol. The van der Waals surface area contributed by atoms with E-state index in [1.165, 1.54) is 0 Å². The maximum absolute atomic E-state index is 14.0. The Balaban J connectivity index is 1.91. The van der Waals surface area contributed by atoms with Crippen LogP contribution in [0.3, 0.4) is 0 Å². The summed E-state index contributed by atoms with van der Waals surface area (Å²) in [6.45, 7) is 10.4. The summed E-state index contributed by atoms with van der Waals surface area (Å²) in [7, 11) is 0. The number of allylic oxidation sites excluding steroid dienone is 6. The van der Waals surface area contributed by atoms with Gasteiger partial charge in [0.05, 0.1) is 28.2 Å². The normalized spacial score (nSPS) is 15.4.